The molecule has 1 aliphatic rings. The Morgan fingerprint density at radius 1 is 1.13 bits per heavy atom. The van der Waals surface area contributed by atoms with Crippen molar-refractivity contribution < 1.29 is 13.9 Å². The average Bonchev–Trinajstić information content (AvgIpc) is 3.37. The van der Waals surface area contributed by atoms with E-state index in [1.807, 2.05) is 49.4 Å². The van der Waals surface area contributed by atoms with Gasteiger partial charge in [-0.15, -0.1) is 12.4 Å². The Balaban J connectivity index is 0.00000272. The number of Topliss-reactive ketones (excluding diaryl/α,β-unsaturated/α-hetero) is 1. The van der Waals surface area contributed by atoms with Gasteiger partial charge in [-0.3, -0.25) is 4.79 Å². The number of ketones is 1. The first-order valence-corrected chi connectivity index (χ1v) is 10.5. The molecule has 1 aliphatic heterocycles. The number of aromatic nitrogens is 1. The number of nitrogens with one attached hydrogen (secondary N) is 1. The molecular formula is C25H29ClN2O3. The van der Waals surface area contributed by atoms with E-state index in [4.69, 9.17) is 9.15 Å². The summed E-state index contributed by atoms with van der Waals surface area (Å²) in [6.07, 6.45) is 1.61. The minimum Gasteiger partial charge on any atom is -0.493 e. The summed E-state index contributed by atoms with van der Waals surface area (Å²) in [7, 11) is 0. The number of halogens is 1. The molecule has 1 fully saturated rings. The number of hydrogen-bond donors (Lipinski definition) is 1. The van der Waals surface area contributed by atoms with Crippen LogP contribution in [0.5, 0.6) is 5.75 Å². The second-order valence-corrected chi connectivity index (χ2v) is 7.97. The molecule has 0 unspecified atom stereocenters. The molecule has 2 atom stereocenters. The zero-order chi connectivity index (χ0) is 20.9. The summed E-state index contributed by atoms with van der Waals surface area (Å²) in [6.45, 7) is 5.88. The van der Waals surface area contributed by atoms with Gasteiger partial charge in [0.1, 0.15) is 17.3 Å². The summed E-state index contributed by atoms with van der Waals surface area (Å²) < 4.78 is 11.7. The van der Waals surface area contributed by atoms with E-state index in [1.54, 1.807) is 6.92 Å². The SMILES string of the molecule is CC(=O)[C@H]1CNC[C@H]1Cc1ccc(OCCc2nc(-c3ccccc3)oc2C)cc1.Cl. The summed E-state index contributed by atoms with van der Waals surface area (Å²) in [6, 6.07) is 18.1. The summed E-state index contributed by atoms with van der Waals surface area (Å²) >= 11 is 0. The monoisotopic (exact) mass is 440 g/mol. The quantitative estimate of drug-likeness (QED) is 0.551. The second kappa shape index (κ2) is 10.6. The highest BCUT2D eigenvalue weighted by molar-refractivity contribution is 5.85. The van der Waals surface area contributed by atoms with Crippen LogP contribution in [0.15, 0.2) is 59.0 Å². The van der Waals surface area contributed by atoms with Crippen LogP contribution in [0.25, 0.3) is 11.5 Å². The Morgan fingerprint density at radius 2 is 1.87 bits per heavy atom. The highest BCUT2D eigenvalue weighted by Gasteiger charge is 2.30. The lowest BCUT2D eigenvalue weighted by atomic mass is 9.87. The van der Waals surface area contributed by atoms with Crippen LogP contribution < -0.4 is 10.1 Å². The van der Waals surface area contributed by atoms with E-state index < -0.39 is 0 Å². The van der Waals surface area contributed by atoms with Crippen LogP contribution in [-0.4, -0.2) is 30.5 Å². The number of benzene rings is 2. The largest absolute Gasteiger partial charge is 0.493 e. The van der Waals surface area contributed by atoms with Crippen molar-refractivity contribution in [1.29, 1.82) is 0 Å². The van der Waals surface area contributed by atoms with Crippen molar-refractivity contribution in [1.82, 2.24) is 10.3 Å². The number of hydrogen-bond acceptors (Lipinski definition) is 5. The van der Waals surface area contributed by atoms with Crippen molar-refractivity contribution in [3.63, 3.8) is 0 Å². The molecule has 4 rings (SSSR count). The first-order chi connectivity index (χ1) is 14.6. The van der Waals surface area contributed by atoms with E-state index in [9.17, 15) is 4.79 Å². The predicted octanol–water partition coefficient (Wildman–Crippen LogP) is 4.66. The molecule has 0 saturated carbocycles. The maximum Gasteiger partial charge on any atom is 0.226 e. The van der Waals surface area contributed by atoms with Gasteiger partial charge in [-0.05, 0) is 62.6 Å². The third kappa shape index (κ3) is 5.75. The third-order valence-corrected chi connectivity index (χ3v) is 5.80. The zero-order valence-corrected chi connectivity index (χ0v) is 18.8. The molecule has 164 valence electrons. The molecule has 1 saturated heterocycles. The Hall–Kier alpha value is -2.63. The lowest BCUT2D eigenvalue weighted by molar-refractivity contribution is -0.121. The van der Waals surface area contributed by atoms with Gasteiger partial charge in [0.2, 0.25) is 5.89 Å². The number of ether oxygens (including phenoxy) is 1. The van der Waals surface area contributed by atoms with Crippen molar-refractivity contribution >= 4 is 18.2 Å². The van der Waals surface area contributed by atoms with Gasteiger partial charge in [0.05, 0.1) is 12.3 Å². The van der Waals surface area contributed by atoms with Crippen molar-refractivity contribution in [2.24, 2.45) is 11.8 Å². The molecule has 1 N–H and O–H groups in total. The van der Waals surface area contributed by atoms with Crippen molar-refractivity contribution in [3.05, 3.63) is 71.6 Å². The van der Waals surface area contributed by atoms with Crippen molar-refractivity contribution in [2.75, 3.05) is 19.7 Å². The van der Waals surface area contributed by atoms with E-state index in [1.165, 1.54) is 5.56 Å². The number of carbonyl (C=O) groups is 1. The standard InChI is InChI=1S/C25H28N2O3.ClH/c1-17(28)23-16-26-15-21(23)14-19-8-10-22(11-9-19)29-13-12-24-18(2)30-25(27-24)20-6-4-3-5-7-20;/h3-11,21,23,26H,12-16H2,1-2H3;1H/t21-,23-;/m1./s1. The molecule has 0 aliphatic carbocycles. The molecule has 5 nitrogen and oxygen atoms in total. The fourth-order valence-electron chi connectivity index (χ4n) is 4.08. The lowest BCUT2D eigenvalue weighted by Crippen LogP contribution is -2.21. The number of nitrogens with zero attached hydrogens (tertiary/aromatic N) is 1. The van der Waals surface area contributed by atoms with Crippen LogP contribution >= 0.6 is 12.4 Å². The van der Waals surface area contributed by atoms with Gasteiger partial charge in [0.15, 0.2) is 0 Å². The lowest BCUT2D eigenvalue weighted by Gasteiger charge is -2.16. The van der Waals surface area contributed by atoms with Gasteiger partial charge < -0.3 is 14.5 Å². The van der Waals surface area contributed by atoms with Gasteiger partial charge in [-0.1, -0.05) is 30.3 Å². The maximum absolute atomic E-state index is 11.8. The molecule has 6 heteroatoms. The molecular weight excluding hydrogens is 412 g/mol. The minimum atomic E-state index is 0. The topological polar surface area (TPSA) is 64.4 Å². The number of aryl methyl sites for hydroxylation is 1. The highest BCUT2D eigenvalue weighted by Crippen LogP contribution is 2.24. The fourth-order valence-corrected chi connectivity index (χ4v) is 4.08. The normalized spacial score (nSPS) is 17.9. The first-order valence-electron chi connectivity index (χ1n) is 10.5. The first kappa shape index (κ1) is 23.0. The second-order valence-electron chi connectivity index (χ2n) is 7.97. The van der Waals surface area contributed by atoms with Crippen molar-refractivity contribution in [2.45, 2.75) is 26.7 Å². The molecule has 0 bridgehead atoms. The predicted molar refractivity (Wildman–Crippen MR) is 124 cm³/mol. The van der Waals surface area contributed by atoms with Crippen LogP contribution in [-0.2, 0) is 17.6 Å². The maximum atomic E-state index is 11.8. The Bertz CT molecular complexity index is 986. The molecule has 0 spiro atoms. The fraction of sp³-hybridized carbons (Fsp3) is 0.360. The molecule has 2 aromatic carbocycles. The smallest absolute Gasteiger partial charge is 0.226 e. The van der Waals surface area contributed by atoms with Crippen LogP contribution in [0.1, 0.15) is 23.9 Å². The number of rotatable bonds is 8. The van der Waals surface area contributed by atoms with E-state index in [0.29, 0.717) is 24.8 Å². The molecule has 2 heterocycles. The van der Waals surface area contributed by atoms with E-state index in [2.05, 4.69) is 22.4 Å². The molecule has 3 aromatic rings. The number of carbonyl (C=O) groups excluding carboxylic acids is 1. The van der Waals surface area contributed by atoms with E-state index in [0.717, 1.165) is 42.3 Å². The molecule has 1 aromatic heterocycles. The van der Waals surface area contributed by atoms with Crippen LogP contribution in [0.4, 0.5) is 0 Å². The van der Waals surface area contributed by atoms with Gasteiger partial charge >= 0.3 is 0 Å². The summed E-state index contributed by atoms with van der Waals surface area (Å²) in [4.78, 5) is 16.4. The minimum absolute atomic E-state index is 0. The van der Waals surface area contributed by atoms with E-state index >= 15 is 0 Å². The molecule has 0 amide bonds. The van der Waals surface area contributed by atoms with Gasteiger partial charge in [-0.2, -0.15) is 0 Å². The third-order valence-electron chi connectivity index (χ3n) is 5.80. The van der Waals surface area contributed by atoms with Crippen LogP contribution in [0, 0.1) is 18.8 Å². The van der Waals surface area contributed by atoms with Gasteiger partial charge in [0.25, 0.3) is 0 Å². The molecule has 0 radical (unpaired) electrons. The average molecular weight is 441 g/mol. The molecule has 31 heavy (non-hydrogen) atoms. The summed E-state index contributed by atoms with van der Waals surface area (Å²) in [5, 5.41) is 3.34. The summed E-state index contributed by atoms with van der Waals surface area (Å²) in [5.74, 6) is 3.12. The number of oxazole rings is 1. The highest BCUT2D eigenvalue weighted by atomic mass is 35.5. The van der Waals surface area contributed by atoms with Gasteiger partial charge in [0, 0.05) is 24.4 Å². The Labute approximate surface area is 189 Å². The zero-order valence-electron chi connectivity index (χ0n) is 18.0. The van der Waals surface area contributed by atoms with Gasteiger partial charge in [-0.25, -0.2) is 4.98 Å². The summed E-state index contributed by atoms with van der Waals surface area (Å²) in [5.41, 5.74) is 3.14. The Kier molecular flexibility index (Phi) is 7.88. The van der Waals surface area contributed by atoms with E-state index in [-0.39, 0.29) is 24.1 Å². The Morgan fingerprint density at radius 3 is 2.58 bits per heavy atom. The van der Waals surface area contributed by atoms with Crippen LogP contribution in [0.3, 0.4) is 0 Å². The van der Waals surface area contributed by atoms with Crippen molar-refractivity contribution in [3.8, 4) is 17.2 Å². The van der Waals surface area contributed by atoms with Crippen LogP contribution in [0.2, 0.25) is 0 Å².